The van der Waals surface area contributed by atoms with Crippen molar-refractivity contribution < 1.29 is 19.1 Å². The highest BCUT2D eigenvalue weighted by atomic mass is 31.1. The predicted octanol–water partition coefficient (Wildman–Crippen LogP) is 16.0. The van der Waals surface area contributed by atoms with Crippen LogP contribution in [-0.4, -0.2) is 69.2 Å². The molecule has 0 amide bonds. The second kappa shape index (κ2) is 45.3. The lowest BCUT2D eigenvalue weighted by Gasteiger charge is -2.18. The number of rotatable bonds is 45. The van der Waals surface area contributed by atoms with Gasteiger partial charge >= 0.3 is 11.9 Å². The molecule has 0 rings (SSSR count). The highest BCUT2D eigenvalue weighted by Crippen LogP contribution is 2.39. The number of allylic oxidation sites excluding steroid dienone is 2. The maximum atomic E-state index is 12.2. The van der Waals surface area contributed by atoms with Gasteiger partial charge in [-0.25, -0.2) is 0 Å². The molecule has 0 aliphatic heterocycles. The van der Waals surface area contributed by atoms with Gasteiger partial charge in [0.1, 0.15) is 13.2 Å². The number of carbonyl (C=O) groups excluding carboxylic acids is 2. The Bertz CT molecular complexity index is 854. The zero-order chi connectivity index (χ0) is 42.6. The van der Waals surface area contributed by atoms with Crippen molar-refractivity contribution in [3.05, 3.63) is 24.3 Å². The standard InChI is InChI=1S/C52H100NO4P/c1-7-11-35-49(36-12-8-2)39-27-30-44-56-51(54)41-25-21-17-15-19-23-32-46-58(48-34-29-43-53(5)6)47-33-24-20-16-18-22-26-42-52(55)57-45-31-28-40-50(37-13-9-3)38-14-10-4/h27-28,30-31,49-50H,7-26,29,32-48H2,1-6H3. The van der Waals surface area contributed by atoms with E-state index in [9.17, 15) is 9.59 Å². The summed E-state index contributed by atoms with van der Waals surface area (Å²) < 4.78 is 10.9. The Kier molecular flexibility index (Phi) is 44.4. The summed E-state index contributed by atoms with van der Waals surface area (Å²) in [6.07, 6.45) is 52.2. The van der Waals surface area contributed by atoms with Gasteiger partial charge in [0.15, 0.2) is 0 Å². The maximum absolute atomic E-state index is 12.2. The molecule has 0 radical (unpaired) electrons. The summed E-state index contributed by atoms with van der Waals surface area (Å²) >= 11 is 0. The number of hydrogen-bond acceptors (Lipinski definition) is 5. The first kappa shape index (κ1) is 56.8. The first-order valence-corrected chi connectivity index (χ1v) is 27.2. The minimum atomic E-state index is -0.0335. The van der Waals surface area contributed by atoms with Gasteiger partial charge in [-0.2, -0.15) is 0 Å². The molecule has 0 N–H and O–H groups in total. The minimum Gasteiger partial charge on any atom is -0.461 e. The molecule has 6 heteroatoms. The van der Waals surface area contributed by atoms with Crippen molar-refractivity contribution in [2.24, 2.45) is 11.8 Å². The molecule has 0 atom stereocenters. The molecule has 0 aromatic carbocycles. The molecule has 5 nitrogen and oxygen atoms in total. The fourth-order valence-electron chi connectivity index (χ4n) is 7.95. The van der Waals surface area contributed by atoms with Crippen molar-refractivity contribution in [3.63, 3.8) is 0 Å². The third-order valence-corrected chi connectivity index (χ3v) is 14.7. The van der Waals surface area contributed by atoms with E-state index in [0.29, 0.717) is 26.1 Å². The number of unbranched alkanes of at least 4 members (excludes halogenated alkanes) is 17. The van der Waals surface area contributed by atoms with Gasteiger partial charge in [-0.15, -0.1) is 7.92 Å². The lowest BCUT2D eigenvalue weighted by molar-refractivity contribution is -0.143. The minimum absolute atomic E-state index is 0.0335. The van der Waals surface area contributed by atoms with E-state index in [1.807, 2.05) is 0 Å². The van der Waals surface area contributed by atoms with E-state index in [1.165, 1.54) is 179 Å². The lowest BCUT2D eigenvalue weighted by Crippen LogP contribution is -2.13. The van der Waals surface area contributed by atoms with Crippen molar-refractivity contribution in [1.29, 1.82) is 0 Å². The number of carbonyl (C=O) groups is 2. The second-order valence-electron chi connectivity index (χ2n) is 17.9. The van der Waals surface area contributed by atoms with E-state index in [0.717, 1.165) is 50.4 Å². The molecule has 342 valence electrons. The van der Waals surface area contributed by atoms with Gasteiger partial charge < -0.3 is 14.4 Å². The molecule has 0 bridgehead atoms. The molecular formula is C52H100NO4P. The van der Waals surface area contributed by atoms with Crippen LogP contribution < -0.4 is 0 Å². The first-order valence-electron chi connectivity index (χ1n) is 25.3. The molecule has 58 heavy (non-hydrogen) atoms. The molecule has 0 heterocycles. The Morgan fingerprint density at radius 1 is 0.448 bits per heavy atom. The van der Waals surface area contributed by atoms with Gasteiger partial charge in [0, 0.05) is 12.8 Å². The molecule has 0 unspecified atom stereocenters. The normalized spacial score (nSPS) is 12.6. The van der Waals surface area contributed by atoms with E-state index < -0.39 is 0 Å². The summed E-state index contributed by atoms with van der Waals surface area (Å²) in [4.78, 5) is 26.7. The van der Waals surface area contributed by atoms with Gasteiger partial charge in [0.2, 0.25) is 0 Å². The van der Waals surface area contributed by atoms with Crippen LogP contribution in [0, 0.1) is 11.8 Å². The Balaban J connectivity index is 4.02. The fraction of sp³-hybridized carbons (Fsp3) is 0.885. The summed E-state index contributed by atoms with van der Waals surface area (Å²) in [5.41, 5.74) is 0. The number of esters is 2. The van der Waals surface area contributed by atoms with Gasteiger partial charge in [0.25, 0.3) is 0 Å². The molecule has 0 spiro atoms. The first-order chi connectivity index (χ1) is 28.4. The predicted molar refractivity (Wildman–Crippen MR) is 258 cm³/mol. The SMILES string of the molecule is CCCCC(CC=CCOC(=O)CCCCCCCCCP(CCCCCCCCCC(=O)OCC=CCC(CCCC)CCCC)CCCCN(C)C)CCCC. The van der Waals surface area contributed by atoms with Gasteiger partial charge in [-0.05, 0) is 102 Å². The zero-order valence-electron chi connectivity index (χ0n) is 39.9. The van der Waals surface area contributed by atoms with Crippen molar-refractivity contribution >= 4 is 19.9 Å². The van der Waals surface area contributed by atoms with Crippen LogP contribution in [0.1, 0.15) is 233 Å². The maximum Gasteiger partial charge on any atom is 0.306 e. The zero-order valence-corrected chi connectivity index (χ0v) is 40.8. The van der Waals surface area contributed by atoms with Crippen LogP contribution >= 0.6 is 7.92 Å². The monoisotopic (exact) mass is 834 g/mol. The Morgan fingerprint density at radius 3 is 1.12 bits per heavy atom. The largest absolute Gasteiger partial charge is 0.461 e. The van der Waals surface area contributed by atoms with E-state index in [1.54, 1.807) is 0 Å². The van der Waals surface area contributed by atoms with Crippen LogP contribution in [0.15, 0.2) is 24.3 Å². The summed E-state index contributed by atoms with van der Waals surface area (Å²) in [6.45, 7) is 11.2. The molecule has 0 aromatic rings. The third kappa shape index (κ3) is 41.5. The van der Waals surface area contributed by atoms with E-state index in [-0.39, 0.29) is 19.9 Å². The van der Waals surface area contributed by atoms with Gasteiger partial charge in [-0.3, -0.25) is 9.59 Å². The van der Waals surface area contributed by atoms with Crippen LogP contribution in [0.4, 0.5) is 0 Å². The second-order valence-corrected chi connectivity index (χ2v) is 20.6. The third-order valence-electron chi connectivity index (χ3n) is 11.9. The van der Waals surface area contributed by atoms with Crippen LogP contribution in [-0.2, 0) is 19.1 Å². The van der Waals surface area contributed by atoms with Crippen LogP contribution in [0.5, 0.6) is 0 Å². The highest BCUT2D eigenvalue weighted by molar-refractivity contribution is 7.57. The molecule has 0 fully saturated rings. The molecule has 0 saturated carbocycles. The Hall–Kier alpha value is -1.19. The van der Waals surface area contributed by atoms with Crippen molar-refractivity contribution in [2.75, 3.05) is 52.3 Å². The van der Waals surface area contributed by atoms with Crippen molar-refractivity contribution in [1.82, 2.24) is 4.90 Å². The van der Waals surface area contributed by atoms with Crippen molar-refractivity contribution in [3.8, 4) is 0 Å². The Morgan fingerprint density at radius 2 is 0.776 bits per heavy atom. The summed E-state index contributed by atoms with van der Waals surface area (Å²) in [7, 11) is 4.55. The average molecular weight is 834 g/mol. The topological polar surface area (TPSA) is 55.8 Å². The summed E-state index contributed by atoms with van der Waals surface area (Å²) in [5.74, 6) is 1.50. The number of nitrogens with zero attached hydrogens (tertiary/aromatic N) is 1. The number of hydrogen-bond donors (Lipinski definition) is 0. The van der Waals surface area contributed by atoms with E-state index in [2.05, 4.69) is 71.0 Å². The lowest BCUT2D eigenvalue weighted by atomic mass is 9.93. The molecular weight excluding hydrogens is 734 g/mol. The van der Waals surface area contributed by atoms with E-state index >= 15 is 0 Å². The molecule has 0 saturated heterocycles. The van der Waals surface area contributed by atoms with Crippen LogP contribution in [0.3, 0.4) is 0 Å². The summed E-state index contributed by atoms with van der Waals surface area (Å²) in [6, 6.07) is 0. The van der Waals surface area contributed by atoms with Crippen LogP contribution in [0.2, 0.25) is 0 Å². The summed E-state index contributed by atoms with van der Waals surface area (Å²) in [5, 5.41) is 0. The average Bonchev–Trinajstić information content (AvgIpc) is 3.21. The van der Waals surface area contributed by atoms with Gasteiger partial charge in [-0.1, -0.05) is 193 Å². The quantitative estimate of drug-likeness (QED) is 0.0265. The highest BCUT2D eigenvalue weighted by Gasteiger charge is 2.10. The van der Waals surface area contributed by atoms with E-state index in [4.69, 9.17) is 9.47 Å². The molecule has 0 aliphatic carbocycles. The molecule has 0 aliphatic rings. The fourth-order valence-corrected chi connectivity index (χ4v) is 10.6. The van der Waals surface area contributed by atoms with Crippen molar-refractivity contribution in [2.45, 2.75) is 233 Å². The van der Waals surface area contributed by atoms with Crippen LogP contribution in [0.25, 0.3) is 0 Å². The smallest absolute Gasteiger partial charge is 0.306 e. The molecule has 0 aromatic heterocycles. The van der Waals surface area contributed by atoms with Gasteiger partial charge in [0.05, 0.1) is 0 Å². The Labute approximate surface area is 364 Å². The number of ether oxygens (including phenoxy) is 2.